The summed E-state index contributed by atoms with van der Waals surface area (Å²) >= 11 is 0. The number of Topliss-reactive ketones (excluding diaryl/α,β-unsaturated/α-hetero) is 1. The maximum atomic E-state index is 11.1. The van der Waals surface area contributed by atoms with Gasteiger partial charge in [-0.15, -0.1) is 0 Å². The summed E-state index contributed by atoms with van der Waals surface area (Å²) < 4.78 is 5.64. The topological polar surface area (TPSA) is 26.3 Å². The van der Waals surface area contributed by atoms with Crippen LogP contribution in [0, 0.1) is 5.92 Å². The molecule has 0 aromatic rings. The molecule has 1 fully saturated rings. The Kier molecular flexibility index (Phi) is 4.43. The number of carbonyl (C=O) groups is 1. The third-order valence-electron chi connectivity index (χ3n) is 2.49. The molecule has 0 saturated heterocycles. The molecule has 1 atom stereocenters. The molecule has 1 unspecified atom stereocenters. The molecule has 0 aromatic heterocycles. The fraction of sp³-hybridized carbons (Fsp3) is 0.909. The minimum atomic E-state index is 0.222. The van der Waals surface area contributed by atoms with Crippen LogP contribution in [0.3, 0.4) is 0 Å². The van der Waals surface area contributed by atoms with Gasteiger partial charge in [-0.2, -0.15) is 0 Å². The Labute approximate surface area is 80.7 Å². The summed E-state index contributed by atoms with van der Waals surface area (Å²) in [5, 5.41) is 0. The first-order valence-corrected chi connectivity index (χ1v) is 5.32. The van der Waals surface area contributed by atoms with Crippen LogP contribution < -0.4 is 0 Å². The minimum Gasteiger partial charge on any atom is -0.378 e. The highest BCUT2D eigenvalue weighted by Gasteiger charge is 2.19. The first-order chi connectivity index (χ1) is 6.18. The first-order valence-electron chi connectivity index (χ1n) is 5.32. The molecule has 0 N–H and O–H groups in total. The van der Waals surface area contributed by atoms with Crippen LogP contribution in [-0.2, 0) is 9.53 Å². The molecule has 1 aliphatic rings. The van der Waals surface area contributed by atoms with Crippen molar-refractivity contribution in [2.75, 3.05) is 6.61 Å². The van der Waals surface area contributed by atoms with Gasteiger partial charge in [0.1, 0.15) is 5.78 Å². The van der Waals surface area contributed by atoms with Crippen molar-refractivity contribution in [3.05, 3.63) is 0 Å². The highest BCUT2D eigenvalue weighted by molar-refractivity contribution is 5.79. The molecule has 1 aliphatic carbocycles. The van der Waals surface area contributed by atoms with E-state index in [9.17, 15) is 4.79 Å². The van der Waals surface area contributed by atoms with Crippen molar-refractivity contribution in [1.82, 2.24) is 0 Å². The predicted molar refractivity (Wildman–Crippen MR) is 52.7 cm³/mol. The van der Waals surface area contributed by atoms with Crippen LogP contribution in [0.1, 0.15) is 46.0 Å². The molecular weight excluding hydrogens is 164 g/mol. The number of ketones is 1. The van der Waals surface area contributed by atoms with Crippen molar-refractivity contribution >= 4 is 5.78 Å². The van der Waals surface area contributed by atoms with E-state index in [1.165, 1.54) is 0 Å². The van der Waals surface area contributed by atoms with Crippen molar-refractivity contribution in [2.45, 2.75) is 52.1 Å². The third kappa shape index (κ3) is 4.41. The summed E-state index contributed by atoms with van der Waals surface area (Å²) in [5.41, 5.74) is 0. The van der Waals surface area contributed by atoms with Crippen LogP contribution in [0.5, 0.6) is 0 Å². The molecule has 1 saturated carbocycles. The molecule has 13 heavy (non-hydrogen) atoms. The Balaban J connectivity index is 2.10. The van der Waals surface area contributed by atoms with E-state index in [4.69, 9.17) is 4.74 Å². The van der Waals surface area contributed by atoms with Crippen LogP contribution in [-0.4, -0.2) is 18.5 Å². The Morgan fingerprint density at radius 1 is 1.54 bits per heavy atom. The van der Waals surface area contributed by atoms with Crippen molar-refractivity contribution in [1.29, 1.82) is 0 Å². The number of rotatable bonds is 4. The molecule has 0 heterocycles. The predicted octanol–water partition coefficient (Wildman–Crippen LogP) is 2.56. The molecule has 0 bridgehead atoms. The average molecular weight is 184 g/mol. The number of ether oxygens (including phenoxy) is 1. The van der Waals surface area contributed by atoms with E-state index in [1.807, 2.05) is 0 Å². The van der Waals surface area contributed by atoms with Crippen LogP contribution in [0.15, 0.2) is 0 Å². The molecule has 2 heteroatoms. The van der Waals surface area contributed by atoms with Gasteiger partial charge in [-0.05, 0) is 25.2 Å². The van der Waals surface area contributed by atoms with Crippen LogP contribution in [0.2, 0.25) is 0 Å². The summed E-state index contributed by atoms with van der Waals surface area (Å²) in [7, 11) is 0. The number of hydrogen-bond acceptors (Lipinski definition) is 2. The van der Waals surface area contributed by atoms with E-state index in [-0.39, 0.29) is 6.10 Å². The van der Waals surface area contributed by atoms with Gasteiger partial charge in [0, 0.05) is 19.4 Å². The maximum Gasteiger partial charge on any atom is 0.135 e. The standard InChI is InChI=1S/C11H20O2/c1-9(2)6-7-13-11-5-3-4-10(12)8-11/h9,11H,3-8H2,1-2H3. The molecule has 0 aromatic carbocycles. The molecule has 0 amide bonds. The highest BCUT2D eigenvalue weighted by atomic mass is 16.5. The van der Waals surface area contributed by atoms with E-state index in [0.29, 0.717) is 18.1 Å². The lowest BCUT2D eigenvalue weighted by molar-refractivity contribution is -0.124. The SMILES string of the molecule is CC(C)CCOC1CCCC(=O)C1. The summed E-state index contributed by atoms with van der Waals surface area (Å²) in [6, 6.07) is 0. The minimum absolute atomic E-state index is 0.222. The first kappa shape index (κ1) is 10.7. The fourth-order valence-electron chi connectivity index (χ4n) is 1.60. The molecular formula is C11H20O2. The van der Waals surface area contributed by atoms with Gasteiger partial charge in [-0.3, -0.25) is 4.79 Å². The zero-order valence-corrected chi connectivity index (χ0v) is 8.71. The van der Waals surface area contributed by atoms with E-state index in [2.05, 4.69) is 13.8 Å². The van der Waals surface area contributed by atoms with Gasteiger partial charge in [0.05, 0.1) is 6.10 Å². The zero-order valence-electron chi connectivity index (χ0n) is 8.71. The normalized spacial score (nSPS) is 23.9. The van der Waals surface area contributed by atoms with Gasteiger partial charge >= 0.3 is 0 Å². The summed E-state index contributed by atoms with van der Waals surface area (Å²) in [4.78, 5) is 11.1. The Morgan fingerprint density at radius 2 is 2.31 bits per heavy atom. The van der Waals surface area contributed by atoms with Crippen LogP contribution in [0.4, 0.5) is 0 Å². The summed E-state index contributed by atoms with van der Waals surface area (Å²) in [6.07, 6.45) is 4.84. The number of hydrogen-bond donors (Lipinski definition) is 0. The van der Waals surface area contributed by atoms with Crippen molar-refractivity contribution in [2.24, 2.45) is 5.92 Å². The Hall–Kier alpha value is -0.370. The molecule has 1 rings (SSSR count). The maximum absolute atomic E-state index is 11.1. The summed E-state index contributed by atoms with van der Waals surface area (Å²) in [6.45, 7) is 5.19. The van der Waals surface area contributed by atoms with Crippen molar-refractivity contribution < 1.29 is 9.53 Å². The monoisotopic (exact) mass is 184 g/mol. The van der Waals surface area contributed by atoms with E-state index in [0.717, 1.165) is 32.3 Å². The molecule has 76 valence electrons. The van der Waals surface area contributed by atoms with Gasteiger partial charge in [0.2, 0.25) is 0 Å². The average Bonchev–Trinajstić information content (AvgIpc) is 2.03. The van der Waals surface area contributed by atoms with Gasteiger partial charge in [-0.1, -0.05) is 13.8 Å². The quantitative estimate of drug-likeness (QED) is 0.671. The molecule has 2 nitrogen and oxygen atoms in total. The molecule has 0 spiro atoms. The van der Waals surface area contributed by atoms with E-state index >= 15 is 0 Å². The van der Waals surface area contributed by atoms with Gasteiger partial charge in [0.25, 0.3) is 0 Å². The lowest BCUT2D eigenvalue weighted by Gasteiger charge is -2.21. The largest absolute Gasteiger partial charge is 0.378 e. The second-order valence-electron chi connectivity index (χ2n) is 4.31. The van der Waals surface area contributed by atoms with Gasteiger partial charge in [0.15, 0.2) is 0 Å². The zero-order chi connectivity index (χ0) is 9.68. The van der Waals surface area contributed by atoms with Gasteiger partial charge < -0.3 is 4.74 Å². The fourth-order valence-corrected chi connectivity index (χ4v) is 1.60. The molecule has 0 radical (unpaired) electrons. The van der Waals surface area contributed by atoms with Crippen LogP contribution in [0.25, 0.3) is 0 Å². The summed E-state index contributed by atoms with van der Waals surface area (Å²) in [5.74, 6) is 1.07. The lowest BCUT2D eigenvalue weighted by Crippen LogP contribution is -2.23. The van der Waals surface area contributed by atoms with Crippen molar-refractivity contribution in [3.8, 4) is 0 Å². The van der Waals surface area contributed by atoms with Gasteiger partial charge in [-0.25, -0.2) is 0 Å². The Morgan fingerprint density at radius 3 is 2.92 bits per heavy atom. The third-order valence-corrected chi connectivity index (χ3v) is 2.49. The Bertz CT molecular complexity index is 163. The molecule has 0 aliphatic heterocycles. The van der Waals surface area contributed by atoms with Crippen LogP contribution >= 0.6 is 0 Å². The second-order valence-corrected chi connectivity index (χ2v) is 4.31. The highest BCUT2D eigenvalue weighted by Crippen LogP contribution is 2.18. The smallest absolute Gasteiger partial charge is 0.135 e. The van der Waals surface area contributed by atoms with E-state index in [1.54, 1.807) is 0 Å². The van der Waals surface area contributed by atoms with Crippen molar-refractivity contribution in [3.63, 3.8) is 0 Å². The number of carbonyl (C=O) groups excluding carboxylic acids is 1. The lowest BCUT2D eigenvalue weighted by atomic mass is 9.96. The second kappa shape index (κ2) is 5.38. The van der Waals surface area contributed by atoms with E-state index < -0.39 is 0 Å².